The first-order valence-corrected chi connectivity index (χ1v) is 4.58. The predicted molar refractivity (Wildman–Crippen MR) is 51.2 cm³/mol. The Morgan fingerprint density at radius 2 is 2.00 bits per heavy atom. The number of carbonyl (C=O) groups is 1. The van der Waals surface area contributed by atoms with Crippen LogP contribution in [0.4, 0.5) is 0 Å². The molecule has 0 aromatic carbocycles. The van der Waals surface area contributed by atoms with Crippen LogP contribution in [0, 0.1) is 15.5 Å². The van der Waals surface area contributed by atoms with Crippen molar-refractivity contribution in [2.45, 2.75) is 46.6 Å². The molecule has 82 valence electrons. The van der Waals surface area contributed by atoms with Gasteiger partial charge in [-0.3, -0.25) is 4.79 Å². The van der Waals surface area contributed by atoms with Crippen LogP contribution in [0.25, 0.3) is 0 Å². The van der Waals surface area contributed by atoms with Crippen LogP contribution in [0.5, 0.6) is 0 Å². The third kappa shape index (κ3) is 5.50. The molecule has 0 aromatic heterocycles. The van der Waals surface area contributed by atoms with Crippen LogP contribution in [0.15, 0.2) is 0 Å². The largest absolute Gasteiger partial charge is 0.311 e. The summed E-state index contributed by atoms with van der Waals surface area (Å²) in [6.07, 6.45) is 0.187. The lowest BCUT2D eigenvalue weighted by Crippen LogP contribution is -2.22. The van der Waals surface area contributed by atoms with E-state index in [1.165, 1.54) is 0 Å². The van der Waals surface area contributed by atoms with Gasteiger partial charge < -0.3 is 4.84 Å². The van der Waals surface area contributed by atoms with E-state index < -0.39 is 11.2 Å². The minimum absolute atomic E-state index is 0.0938. The lowest BCUT2D eigenvalue weighted by atomic mass is 9.88. The molecule has 0 radical (unpaired) electrons. The predicted octanol–water partition coefficient (Wildman–Crippen LogP) is 1.98. The fourth-order valence-corrected chi connectivity index (χ4v) is 0.909. The average molecular weight is 203 g/mol. The molecule has 0 aromatic rings. The van der Waals surface area contributed by atoms with Crippen LogP contribution in [-0.2, 0) is 9.63 Å². The van der Waals surface area contributed by atoms with E-state index in [0.29, 0.717) is 12.8 Å². The Bertz CT molecular complexity index is 219. The minimum atomic E-state index is -0.827. The van der Waals surface area contributed by atoms with Crippen molar-refractivity contribution in [1.29, 1.82) is 0 Å². The molecule has 1 unspecified atom stereocenters. The van der Waals surface area contributed by atoms with Crippen molar-refractivity contribution in [2.75, 3.05) is 0 Å². The zero-order chi connectivity index (χ0) is 11.4. The molecule has 0 N–H and O–H groups in total. The first-order chi connectivity index (χ1) is 6.23. The molecule has 0 heterocycles. The van der Waals surface area contributed by atoms with E-state index in [4.69, 9.17) is 0 Å². The van der Waals surface area contributed by atoms with Crippen molar-refractivity contribution in [1.82, 2.24) is 0 Å². The summed E-state index contributed by atoms with van der Waals surface area (Å²) in [5.74, 6) is 0.0938. The molecule has 0 aliphatic heterocycles. The standard InChI is InChI=1S/C9H17NO4/c1-7(14-10(12)13)5-6-8(11)9(2,3)4/h7H,5-6H2,1-4H3. The summed E-state index contributed by atoms with van der Waals surface area (Å²) in [6, 6.07) is 0. The second-order valence-electron chi connectivity index (χ2n) is 4.35. The maximum Gasteiger partial charge on any atom is 0.294 e. The molecule has 0 saturated heterocycles. The first kappa shape index (κ1) is 12.9. The zero-order valence-electron chi connectivity index (χ0n) is 9.07. The van der Waals surface area contributed by atoms with Crippen LogP contribution in [-0.4, -0.2) is 17.0 Å². The number of rotatable bonds is 5. The van der Waals surface area contributed by atoms with Gasteiger partial charge in [-0.25, -0.2) is 0 Å². The molecular formula is C9H17NO4. The van der Waals surface area contributed by atoms with E-state index in [-0.39, 0.29) is 11.2 Å². The number of ketones is 1. The average Bonchev–Trinajstić information content (AvgIpc) is 1.96. The molecule has 0 aliphatic carbocycles. The van der Waals surface area contributed by atoms with Crippen molar-refractivity contribution in [2.24, 2.45) is 5.41 Å². The SMILES string of the molecule is CC(CCC(=O)C(C)(C)C)O[N+](=O)[O-]. The summed E-state index contributed by atoms with van der Waals surface area (Å²) in [5.41, 5.74) is -0.381. The highest BCUT2D eigenvalue weighted by molar-refractivity contribution is 5.83. The van der Waals surface area contributed by atoms with E-state index in [2.05, 4.69) is 4.84 Å². The molecular weight excluding hydrogens is 186 g/mol. The van der Waals surface area contributed by atoms with Crippen molar-refractivity contribution in [3.63, 3.8) is 0 Å². The van der Waals surface area contributed by atoms with Gasteiger partial charge in [0.2, 0.25) is 0 Å². The van der Waals surface area contributed by atoms with Crippen LogP contribution in [0.2, 0.25) is 0 Å². The lowest BCUT2D eigenvalue weighted by molar-refractivity contribution is -0.767. The third-order valence-corrected chi connectivity index (χ3v) is 1.88. The molecule has 14 heavy (non-hydrogen) atoms. The van der Waals surface area contributed by atoms with Crippen LogP contribution < -0.4 is 0 Å². The Balaban J connectivity index is 3.84. The van der Waals surface area contributed by atoms with Crippen LogP contribution >= 0.6 is 0 Å². The van der Waals surface area contributed by atoms with E-state index in [0.717, 1.165) is 0 Å². The second-order valence-corrected chi connectivity index (χ2v) is 4.35. The van der Waals surface area contributed by atoms with Gasteiger partial charge >= 0.3 is 0 Å². The molecule has 0 saturated carbocycles. The molecule has 0 amide bonds. The van der Waals surface area contributed by atoms with E-state index in [1.54, 1.807) is 6.92 Å². The summed E-state index contributed by atoms with van der Waals surface area (Å²) in [7, 11) is 0. The maximum atomic E-state index is 11.4. The third-order valence-electron chi connectivity index (χ3n) is 1.88. The highest BCUT2D eigenvalue weighted by atomic mass is 17.0. The topological polar surface area (TPSA) is 69.4 Å². The second kappa shape index (κ2) is 4.93. The fourth-order valence-electron chi connectivity index (χ4n) is 0.909. The lowest BCUT2D eigenvalue weighted by Gasteiger charge is -2.17. The van der Waals surface area contributed by atoms with Crippen molar-refractivity contribution >= 4 is 5.78 Å². The van der Waals surface area contributed by atoms with E-state index >= 15 is 0 Å². The molecule has 1 atom stereocenters. The summed E-state index contributed by atoms with van der Waals surface area (Å²) >= 11 is 0. The fraction of sp³-hybridized carbons (Fsp3) is 0.889. The van der Waals surface area contributed by atoms with E-state index in [9.17, 15) is 14.9 Å². The molecule has 0 fully saturated rings. The summed E-state index contributed by atoms with van der Waals surface area (Å²) in [5, 5.41) is 9.12. The number of hydrogen-bond acceptors (Lipinski definition) is 4. The van der Waals surface area contributed by atoms with Crippen molar-refractivity contribution in [3.8, 4) is 0 Å². The van der Waals surface area contributed by atoms with Crippen molar-refractivity contribution in [3.05, 3.63) is 10.1 Å². The molecule has 5 nitrogen and oxygen atoms in total. The maximum absolute atomic E-state index is 11.4. The van der Waals surface area contributed by atoms with Crippen LogP contribution in [0.1, 0.15) is 40.5 Å². The summed E-state index contributed by atoms with van der Waals surface area (Å²) < 4.78 is 0. The molecule has 0 bridgehead atoms. The number of nitrogens with zero attached hydrogens (tertiary/aromatic N) is 1. The Hall–Kier alpha value is -1.13. The zero-order valence-corrected chi connectivity index (χ0v) is 9.07. The molecule has 0 spiro atoms. The van der Waals surface area contributed by atoms with Gasteiger partial charge in [-0.2, -0.15) is 0 Å². The molecule has 5 heteroatoms. The number of hydrogen-bond donors (Lipinski definition) is 0. The van der Waals surface area contributed by atoms with E-state index in [1.807, 2.05) is 20.8 Å². The molecule has 0 rings (SSSR count). The Labute approximate surface area is 83.5 Å². The normalized spacial score (nSPS) is 13.4. The van der Waals surface area contributed by atoms with Gasteiger partial charge in [-0.15, -0.1) is 10.1 Å². The number of Topliss-reactive ketones (excluding diaryl/α,β-unsaturated/α-hetero) is 1. The Morgan fingerprint density at radius 3 is 2.36 bits per heavy atom. The van der Waals surface area contributed by atoms with Gasteiger partial charge in [0.05, 0.1) is 0 Å². The van der Waals surface area contributed by atoms with Gasteiger partial charge in [0.25, 0.3) is 5.09 Å². The summed E-state index contributed by atoms with van der Waals surface area (Å²) in [4.78, 5) is 25.7. The first-order valence-electron chi connectivity index (χ1n) is 4.58. The molecule has 0 aliphatic rings. The highest BCUT2D eigenvalue weighted by Crippen LogP contribution is 2.18. The minimum Gasteiger partial charge on any atom is -0.311 e. The van der Waals surface area contributed by atoms with Gasteiger partial charge in [0.1, 0.15) is 11.9 Å². The highest BCUT2D eigenvalue weighted by Gasteiger charge is 2.21. The van der Waals surface area contributed by atoms with Gasteiger partial charge in [0.15, 0.2) is 0 Å². The smallest absolute Gasteiger partial charge is 0.294 e. The van der Waals surface area contributed by atoms with Crippen LogP contribution in [0.3, 0.4) is 0 Å². The monoisotopic (exact) mass is 203 g/mol. The van der Waals surface area contributed by atoms with Gasteiger partial charge in [-0.05, 0) is 13.3 Å². The Morgan fingerprint density at radius 1 is 1.50 bits per heavy atom. The Kier molecular flexibility index (Phi) is 4.53. The van der Waals surface area contributed by atoms with Crippen molar-refractivity contribution < 1.29 is 14.7 Å². The summed E-state index contributed by atoms with van der Waals surface area (Å²) in [6.45, 7) is 7.07. The number of carbonyl (C=O) groups excluding carboxylic acids is 1. The van der Waals surface area contributed by atoms with Gasteiger partial charge in [-0.1, -0.05) is 20.8 Å². The van der Waals surface area contributed by atoms with Gasteiger partial charge in [0, 0.05) is 11.8 Å². The quantitative estimate of drug-likeness (QED) is 0.506.